The zero-order valence-corrected chi connectivity index (χ0v) is 11.0. The van der Waals surface area contributed by atoms with Crippen LogP contribution in [0.3, 0.4) is 0 Å². The van der Waals surface area contributed by atoms with Crippen LogP contribution in [0.25, 0.3) is 0 Å². The first-order valence-corrected chi connectivity index (χ1v) is 5.84. The first-order valence-electron chi connectivity index (χ1n) is 5.05. The van der Waals surface area contributed by atoms with Gasteiger partial charge < -0.3 is 4.74 Å². The van der Waals surface area contributed by atoms with Gasteiger partial charge >= 0.3 is 0 Å². The van der Waals surface area contributed by atoms with Crippen molar-refractivity contribution in [2.24, 2.45) is 0 Å². The van der Waals surface area contributed by atoms with E-state index < -0.39 is 0 Å². The zero-order chi connectivity index (χ0) is 11.3. The molecule has 0 radical (unpaired) electrons. The largest absolute Gasteiger partial charge is 0.496 e. The molecule has 0 aromatic heterocycles. The quantitative estimate of drug-likeness (QED) is 0.742. The maximum Gasteiger partial charge on any atom is 0.0998 e. The van der Waals surface area contributed by atoms with E-state index in [0.717, 1.165) is 10.9 Å². The number of hydrogen-bond acceptors (Lipinski definition) is 1. The maximum atomic E-state index is 5.48. The van der Waals surface area contributed by atoms with Crippen LogP contribution >= 0.6 is 15.9 Å². The van der Waals surface area contributed by atoms with Crippen LogP contribution in [-0.4, -0.2) is 5.60 Å². The first kappa shape index (κ1) is 12.3. The molecule has 15 heavy (non-hydrogen) atoms. The summed E-state index contributed by atoms with van der Waals surface area (Å²) in [7, 11) is 0. The van der Waals surface area contributed by atoms with Crippen molar-refractivity contribution in [3.05, 3.63) is 46.6 Å². The Morgan fingerprint density at radius 2 is 1.80 bits per heavy atom. The fourth-order valence-corrected chi connectivity index (χ4v) is 1.32. The summed E-state index contributed by atoms with van der Waals surface area (Å²) < 4.78 is 6.60. The van der Waals surface area contributed by atoms with Crippen LogP contribution in [0, 0.1) is 0 Å². The highest BCUT2D eigenvalue weighted by molar-refractivity contribution is 9.10. The molecule has 0 bridgehead atoms. The Bertz CT molecular complexity index is 319. The van der Waals surface area contributed by atoms with Crippen molar-refractivity contribution in [2.45, 2.75) is 32.8 Å². The van der Waals surface area contributed by atoms with Crippen molar-refractivity contribution in [1.29, 1.82) is 0 Å². The van der Waals surface area contributed by atoms with Gasteiger partial charge in [0.25, 0.3) is 0 Å². The summed E-state index contributed by atoms with van der Waals surface area (Å²) in [5.74, 6) is 0. The average Bonchev–Trinajstić information content (AvgIpc) is 2.14. The predicted octanol–water partition coefficient (Wildman–Crippen LogP) is 4.32. The highest BCUT2D eigenvalue weighted by Gasteiger charge is 2.06. The number of ether oxygens (including phenoxy) is 1. The van der Waals surface area contributed by atoms with Crippen LogP contribution in [0.2, 0.25) is 0 Å². The van der Waals surface area contributed by atoms with E-state index in [1.807, 2.05) is 39.0 Å². The van der Waals surface area contributed by atoms with Gasteiger partial charge in [0.15, 0.2) is 0 Å². The smallest absolute Gasteiger partial charge is 0.0998 e. The summed E-state index contributed by atoms with van der Waals surface area (Å²) >= 11 is 3.41. The Morgan fingerprint density at radius 3 is 2.33 bits per heavy atom. The third-order valence-corrected chi connectivity index (χ3v) is 2.31. The normalized spacial score (nSPS) is 12.0. The molecule has 0 saturated carbocycles. The van der Waals surface area contributed by atoms with Crippen molar-refractivity contribution < 1.29 is 4.74 Å². The molecule has 0 heterocycles. The molecule has 0 aliphatic carbocycles. The summed E-state index contributed by atoms with van der Waals surface area (Å²) in [5.41, 5.74) is 1.18. The van der Waals surface area contributed by atoms with E-state index in [2.05, 4.69) is 28.1 Å². The number of benzene rings is 1. The van der Waals surface area contributed by atoms with Crippen molar-refractivity contribution >= 4 is 15.9 Å². The molecule has 0 amide bonds. The van der Waals surface area contributed by atoms with E-state index in [-0.39, 0.29) is 5.60 Å². The van der Waals surface area contributed by atoms with Gasteiger partial charge in [0.05, 0.1) is 11.9 Å². The molecule has 0 aliphatic rings. The SMILES string of the molecule is CC(C)(C)OC=CCc1ccc(Br)cc1. The number of rotatable bonds is 3. The van der Waals surface area contributed by atoms with Gasteiger partial charge in [-0.2, -0.15) is 0 Å². The minimum Gasteiger partial charge on any atom is -0.496 e. The Kier molecular flexibility index (Phi) is 4.40. The third kappa shape index (κ3) is 5.63. The van der Waals surface area contributed by atoms with Gasteiger partial charge in [-0.15, -0.1) is 0 Å². The van der Waals surface area contributed by atoms with Crippen molar-refractivity contribution in [1.82, 2.24) is 0 Å². The van der Waals surface area contributed by atoms with Crippen LogP contribution in [0.1, 0.15) is 26.3 Å². The van der Waals surface area contributed by atoms with E-state index in [4.69, 9.17) is 4.74 Å². The van der Waals surface area contributed by atoms with Crippen LogP contribution < -0.4 is 0 Å². The van der Waals surface area contributed by atoms with Crippen molar-refractivity contribution in [3.63, 3.8) is 0 Å². The topological polar surface area (TPSA) is 9.23 Å². The highest BCUT2D eigenvalue weighted by Crippen LogP contribution is 2.12. The summed E-state index contributed by atoms with van der Waals surface area (Å²) in [6, 6.07) is 8.30. The van der Waals surface area contributed by atoms with Crippen LogP contribution in [0.4, 0.5) is 0 Å². The lowest BCUT2D eigenvalue weighted by molar-refractivity contribution is 0.0763. The van der Waals surface area contributed by atoms with Gasteiger partial charge in [0.1, 0.15) is 0 Å². The van der Waals surface area contributed by atoms with E-state index in [9.17, 15) is 0 Å². The predicted molar refractivity (Wildman–Crippen MR) is 67.8 cm³/mol. The molecule has 0 saturated heterocycles. The van der Waals surface area contributed by atoms with Crippen LogP contribution in [-0.2, 0) is 11.2 Å². The Labute approximate surface area is 100 Å². The lowest BCUT2D eigenvalue weighted by Crippen LogP contribution is -2.15. The van der Waals surface area contributed by atoms with Crippen LogP contribution in [0.5, 0.6) is 0 Å². The standard InChI is InChI=1S/C13H17BrO/c1-13(2,3)15-10-4-5-11-6-8-12(14)9-7-11/h4,6-10H,5H2,1-3H3. The minimum atomic E-state index is -0.101. The number of allylic oxidation sites excluding steroid dienone is 1. The van der Waals surface area contributed by atoms with Gasteiger partial charge in [-0.3, -0.25) is 0 Å². The molecule has 0 unspecified atom stereocenters. The summed E-state index contributed by atoms with van der Waals surface area (Å²) in [6.45, 7) is 6.12. The lowest BCUT2D eigenvalue weighted by Gasteiger charge is -2.17. The number of halogens is 1. The van der Waals surface area contributed by atoms with E-state index >= 15 is 0 Å². The minimum absolute atomic E-state index is 0.101. The molecule has 1 nitrogen and oxygen atoms in total. The molecule has 0 spiro atoms. The van der Waals surface area contributed by atoms with E-state index in [1.165, 1.54) is 5.56 Å². The van der Waals surface area contributed by atoms with Crippen molar-refractivity contribution in [3.8, 4) is 0 Å². The zero-order valence-electron chi connectivity index (χ0n) is 9.46. The third-order valence-electron chi connectivity index (χ3n) is 1.78. The Hall–Kier alpha value is -0.760. The Morgan fingerprint density at radius 1 is 1.20 bits per heavy atom. The summed E-state index contributed by atoms with van der Waals surface area (Å²) in [6.07, 6.45) is 4.72. The van der Waals surface area contributed by atoms with E-state index in [1.54, 1.807) is 6.26 Å². The molecular formula is C13H17BrO. The van der Waals surface area contributed by atoms with Gasteiger partial charge in [-0.25, -0.2) is 0 Å². The molecule has 0 N–H and O–H groups in total. The number of hydrogen-bond donors (Lipinski definition) is 0. The molecule has 1 aromatic carbocycles. The van der Waals surface area contributed by atoms with Gasteiger partial charge in [-0.1, -0.05) is 28.1 Å². The Balaban J connectivity index is 2.40. The molecule has 82 valence electrons. The second-order valence-corrected chi connectivity index (χ2v) is 5.35. The molecular weight excluding hydrogens is 252 g/mol. The summed E-state index contributed by atoms with van der Waals surface area (Å²) in [5, 5.41) is 0. The monoisotopic (exact) mass is 268 g/mol. The molecule has 2 heteroatoms. The fourth-order valence-electron chi connectivity index (χ4n) is 1.06. The molecule has 1 rings (SSSR count). The van der Waals surface area contributed by atoms with Gasteiger partial charge in [0, 0.05) is 4.47 Å². The highest BCUT2D eigenvalue weighted by atomic mass is 79.9. The molecule has 0 fully saturated rings. The fraction of sp³-hybridized carbons (Fsp3) is 0.385. The van der Waals surface area contributed by atoms with Crippen LogP contribution in [0.15, 0.2) is 41.1 Å². The molecule has 0 aliphatic heterocycles. The van der Waals surface area contributed by atoms with E-state index in [0.29, 0.717) is 0 Å². The first-order chi connectivity index (χ1) is 6.97. The second-order valence-electron chi connectivity index (χ2n) is 4.43. The maximum absolute atomic E-state index is 5.48. The van der Waals surface area contributed by atoms with Gasteiger partial charge in [0.2, 0.25) is 0 Å². The molecule has 0 atom stereocenters. The molecule has 1 aromatic rings. The second kappa shape index (κ2) is 5.36. The average molecular weight is 269 g/mol. The van der Waals surface area contributed by atoms with Gasteiger partial charge in [-0.05, 0) is 51.0 Å². The summed E-state index contributed by atoms with van der Waals surface area (Å²) in [4.78, 5) is 0. The van der Waals surface area contributed by atoms with Crippen molar-refractivity contribution in [2.75, 3.05) is 0 Å². The lowest BCUT2D eigenvalue weighted by atomic mass is 10.1.